The molecule has 0 aliphatic heterocycles. The Morgan fingerprint density at radius 3 is 2.46 bits per heavy atom. The highest BCUT2D eigenvalue weighted by Crippen LogP contribution is 2.38. The Balaban J connectivity index is 1.40. The number of amides is 1. The number of hydrogen-bond donors (Lipinski definition) is 2. The fourth-order valence-electron chi connectivity index (χ4n) is 4.10. The van der Waals surface area contributed by atoms with Crippen molar-refractivity contribution in [3.8, 4) is 22.6 Å². The van der Waals surface area contributed by atoms with Gasteiger partial charge in [-0.2, -0.15) is 5.10 Å². The van der Waals surface area contributed by atoms with Gasteiger partial charge in [-0.15, -0.1) is 0 Å². The van der Waals surface area contributed by atoms with Crippen molar-refractivity contribution in [2.24, 2.45) is 5.10 Å². The summed E-state index contributed by atoms with van der Waals surface area (Å²) in [7, 11) is 1.52. The van der Waals surface area contributed by atoms with E-state index in [4.69, 9.17) is 32.7 Å². The van der Waals surface area contributed by atoms with E-state index in [9.17, 15) is 9.59 Å². The molecule has 0 saturated heterocycles. The van der Waals surface area contributed by atoms with Crippen molar-refractivity contribution in [1.82, 2.24) is 10.4 Å². The van der Waals surface area contributed by atoms with Crippen molar-refractivity contribution in [1.29, 1.82) is 0 Å². The van der Waals surface area contributed by atoms with Crippen molar-refractivity contribution < 1.29 is 19.1 Å². The molecule has 0 unspecified atom stereocenters. The lowest BCUT2D eigenvalue weighted by molar-refractivity contribution is 0.0733. The molecule has 0 saturated carbocycles. The highest BCUT2D eigenvalue weighted by atomic mass is 35.5. The molecule has 5 aromatic rings. The second-order valence-electron chi connectivity index (χ2n) is 8.38. The summed E-state index contributed by atoms with van der Waals surface area (Å²) in [5.41, 5.74) is 5.51. The van der Waals surface area contributed by atoms with Gasteiger partial charge in [-0.25, -0.2) is 10.2 Å². The molecule has 2 N–H and O–H groups in total. The molecule has 0 atom stereocenters. The van der Waals surface area contributed by atoms with Crippen LogP contribution in [0.2, 0.25) is 10.0 Å². The number of hydrazone groups is 1. The predicted octanol–water partition coefficient (Wildman–Crippen LogP) is 7.13. The van der Waals surface area contributed by atoms with E-state index < -0.39 is 11.9 Å². The van der Waals surface area contributed by atoms with E-state index in [1.165, 1.54) is 13.3 Å². The Hall–Kier alpha value is -4.59. The number of nitrogens with zero attached hydrogens (tertiary/aromatic N) is 1. The van der Waals surface area contributed by atoms with Crippen LogP contribution in [0.15, 0.2) is 96.1 Å². The molecular weight excluding hydrogens is 537 g/mol. The van der Waals surface area contributed by atoms with Crippen molar-refractivity contribution in [2.75, 3.05) is 7.11 Å². The van der Waals surface area contributed by atoms with Crippen LogP contribution >= 0.6 is 23.2 Å². The van der Waals surface area contributed by atoms with Gasteiger partial charge in [-0.05, 0) is 42.5 Å². The Kier molecular flexibility index (Phi) is 7.63. The number of halogens is 2. The molecular formula is C30H21Cl2N3O4. The molecule has 1 heterocycles. The summed E-state index contributed by atoms with van der Waals surface area (Å²) in [6, 6.07) is 26.1. The van der Waals surface area contributed by atoms with Gasteiger partial charge in [0.2, 0.25) is 0 Å². The number of carbonyl (C=O) groups excluding carboxylic acids is 2. The number of aromatic amines is 1. The molecule has 4 aromatic carbocycles. The maximum absolute atomic E-state index is 13.3. The summed E-state index contributed by atoms with van der Waals surface area (Å²) in [6.45, 7) is 0. The van der Waals surface area contributed by atoms with Gasteiger partial charge < -0.3 is 14.5 Å². The third kappa shape index (κ3) is 5.50. The molecule has 0 aliphatic carbocycles. The average Bonchev–Trinajstić information content (AvgIpc) is 3.35. The van der Waals surface area contributed by atoms with Crippen molar-refractivity contribution in [3.63, 3.8) is 0 Å². The summed E-state index contributed by atoms with van der Waals surface area (Å²) in [5, 5.41) is 5.82. The Bertz CT molecular complexity index is 1730. The van der Waals surface area contributed by atoms with E-state index in [0.29, 0.717) is 43.6 Å². The minimum Gasteiger partial charge on any atom is -0.497 e. The normalized spacial score (nSPS) is 11.1. The average molecular weight is 558 g/mol. The molecule has 0 radical (unpaired) electrons. The lowest BCUT2D eigenvalue weighted by atomic mass is 10.0. The first kappa shape index (κ1) is 26.0. The first-order valence-corrected chi connectivity index (χ1v) is 12.6. The van der Waals surface area contributed by atoms with Crippen LogP contribution < -0.4 is 14.9 Å². The van der Waals surface area contributed by atoms with Gasteiger partial charge in [0, 0.05) is 27.1 Å². The Morgan fingerprint density at radius 1 is 0.897 bits per heavy atom. The summed E-state index contributed by atoms with van der Waals surface area (Å²) in [4.78, 5) is 29.1. The van der Waals surface area contributed by atoms with Gasteiger partial charge in [-0.1, -0.05) is 71.7 Å². The maximum atomic E-state index is 13.3. The number of fused-ring (bicyclic) bond motifs is 1. The van der Waals surface area contributed by atoms with E-state index in [1.54, 1.807) is 60.7 Å². The van der Waals surface area contributed by atoms with E-state index in [0.717, 1.165) is 5.39 Å². The number of benzene rings is 4. The number of carbonyl (C=O) groups is 2. The largest absolute Gasteiger partial charge is 0.497 e. The molecule has 5 rings (SSSR count). The number of esters is 1. The molecule has 39 heavy (non-hydrogen) atoms. The predicted molar refractivity (Wildman–Crippen MR) is 153 cm³/mol. The molecule has 1 amide bonds. The summed E-state index contributed by atoms with van der Waals surface area (Å²) in [5.74, 6) is -0.244. The standard InChI is InChI=1S/C30H21Cl2N3O4/c1-38-20-10-6-9-18(16-20)30(37)39-25-15-5-2-8-19(25)17-33-35-29(36)28-26(21-11-3-4-13-23(21)31)22-12-7-14-24(32)27(22)34-28/h2-17,34H,1H3,(H,35,36). The topological polar surface area (TPSA) is 92.8 Å². The van der Waals surface area contributed by atoms with Gasteiger partial charge in [-0.3, -0.25) is 4.79 Å². The second kappa shape index (κ2) is 11.4. The van der Waals surface area contributed by atoms with Crippen LogP contribution in [0.1, 0.15) is 26.4 Å². The van der Waals surface area contributed by atoms with Gasteiger partial charge in [0.05, 0.1) is 29.4 Å². The van der Waals surface area contributed by atoms with E-state index >= 15 is 0 Å². The third-order valence-electron chi connectivity index (χ3n) is 5.95. The molecule has 194 valence electrons. The quantitative estimate of drug-likeness (QED) is 0.0962. The molecule has 0 spiro atoms. The zero-order valence-electron chi connectivity index (χ0n) is 20.6. The number of para-hydroxylation sites is 2. The van der Waals surface area contributed by atoms with Crippen LogP contribution in [0.3, 0.4) is 0 Å². The molecule has 9 heteroatoms. The first-order valence-electron chi connectivity index (χ1n) is 11.8. The molecule has 0 bridgehead atoms. The minimum atomic E-state index is -0.557. The zero-order valence-corrected chi connectivity index (χ0v) is 22.1. The molecule has 7 nitrogen and oxygen atoms in total. The number of H-pyrrole nitrogens is 1. The smallest absolute Gasteiger partial charge is 0.343 e. The van der Waals surface area contributed by atoms with Crippen molar-refractivity contribution in [3.05, 3.63) is 118 Å². The minimum absolute atomic E-state index is 0.251. The Morgan fingerprint density at radius 2 is 1.64 bits per heavy atom. The number of aromatic nitrogens is 1. The van der Waals surface area contributed by atoms with Crippen LogP contribution in [-0.4, -0.2) is 30.2 Å². The highest BCUT2D eigenvalue weighted by molar-refractivity contribution is 6.37. The van der Waals surface area contributed by atoms with Gasteiger partial charge in [0.15, 0.2) is 0 Å². The van der Waals surface area contributed by atoms with E-state index in [2.05, 4.69) is 15.5 Å². The fourth-order valence-corrected chi connectivity index (χ4v) is 4.55. The second-order valence-corrected chi connectivity index (χ2v) is 9.19. The van der Waals surface area contributed by atoms with Crippen molar-refractivity contribution >= 4 is 52.2 Å². The Labute approximate surface area is 234 Å². The monoisotopic (exact) mass is 557 g/mol. The SMILES string of the molecule is COc1cccc(C(=O)Oc2ccccc2C=NNC(=O)c2[nH]c3c(Cl)cccc3c2-c2ccccc2Cl)c1. The van der Waals surface area contributed by atoms with Crippen LogP contribution in [0, 0.1) is 0 Å². The van der Waals surface area contributed by atoms with Gasteiger partial charge in [0.25, 0.3) is 5.91 Å². The number of rotatable bonds is 7. The van der Waals surface area contributed by atoms with Gasteiger partial charge in [0.1, 0.15) is 17.2 Å². The molecule has 0 aliphatic rings. The lowest BCUT2D eigenvalue weighted by Gasteiger charge is -2.08. The number of nitrogens with one attached hydrogen (secondary N) is 2. The van der Waals surface area contributed by atoms with Crippen LogP contribution in [-0.2, 0) is 0 Å². The summed E-state index contributed by atoms with van der Waals surface area (Å²) in [6.07, 6.45) is 1.40. The number of methoxy groups -OCH3 is 1. The number of ether oxygens (including phenoxy) is 2. The van der Waals surface area contributed by atoms with E-state index in [-0.39, 0.29) is 11.4 Å². The van der Waals surface area contributed by atoms with E-state index in [1.807, 2.05) is 30.3 Å². The zero-order chi connectivity index (χ0) is 27.4. The first-order chi connectivity index (χ1) is 19.0. The van der Waals surface area contributed by atoms with Crippen LogP contribution in [0.4, 0.5) is 0 Å². The molecule has 0 fully saturated rings. The van der Waals surface area contributed by atoms with Crippen LogP contribution in [0.5, 0.6) is 11.5 Å². The van der Waals surface area contributed by atoms with Gasteiger partial charge >= 0.3 is 5.97 Å². The van der Waals surface area contributed by atoms with Crippen molar-refractivity contribution in [2.45, 2.75) is 0 Å². The lowest BCUT2D eigenvalue weighted by Crippen LogP contribution is -2.19. The number of hydrogen-bond acceptors (Lipinski definition) is 5. The highest BCUT2D eigenvalue weighted by Gasteiger charge is 2.22. The summed E-state index contributed by atoms with van der Waals surface area (Å²) < 4.78 is 10.8. The van der Waals surface area contributed by atoms with Crippen LogP contribution in [0.25, 0.3) is 22.0 Å². The third-order valence-corrected chi connectivity index (χ3v) is 6.59. The summed E-state index contributed by atoms with van der Waals surface area (Å²) >= 11 is 12.9. The molecule has 1 aromatic heterocycles. The maximum Gasteiger partial charge on any atom is 0.343 e. The fraction of sp³-hybridized carbons (Fsp3) is 0.0333.